The van der Waals surface area contributed by atoms with Gasteiger partial charge in [0.25, 0.3) is 0 Å². The van der Waals surface area contributed by atoms with E-state index in [1.54, 1.807) is 0 Å². The molecule has 0 spiro atoms. The third-order valence-corrected chi connectivity index (χ3v) is 6.54. The Morgan fingerprint density at radius 1 is 1.30 bits per heavy atom. The van der Waals surface area contributed by atoms with Gasteiger partial charge < -0.3 is 0 Å². The molecule has 1 aromatic carbocycles. The van der Waals surface area contributed by atoms with Gasteiger partial charge in [-0.05, 0) is 0 Å². The molecule has 1 aromatic rings. The fourth-order valence-corrected chi connectivity index (χ4v) is 3.16. The Morgan fingerprint density at radius 3 is 2.40 bits per heavy atom. The van der Waals surface area contributed by atoms with E-state index in [-0.39, 0.29) is 0 Å². The molecule has 0 amide bonds. The van der Waals surface area contributed by atoms with E-state index in [2.05, 4.69) is 31.2 Å². The van der Waals surface area contributed by atoms with E-state index < -0.39 is 13.7 Å². The van der Waals surface area contributed by atoms with Crippen molar-refractivity contribution in [3.8, 4) is 0 Å². The second kappa shape index (κ2) is 4.05. The predicted octanol–water partition coefficient (Wildman–Crippen LogP) is 2.14. The van der Waals surface area contributed by atoms with Gasteiger partial charge in [0.15, 0.2) is 0 Å². The van der Waals surface area contributed by atoms with E-state index in [4.69, 9.17) is 9.95 Å². The van der Waals surface area contributed by atoms with Crippen molar-refractivity contribution in [3.63, 3.8) is 0 Å². The van der Waals surface area contributed by atoms with Crippen LogP contribution in [0.25, 0.3) is 0 Å². The van der Waals surface area contributed by atoms with Gasteiger partial charge >= 0.3 is 70.5 Å². The molecule has 2 heteroatoms. The molecule has 0 saturated heterocycles. The molecule has 0 saturated carbocycles. The van der Waals surface area contributed by atoms with E-state index in [0.717, 1.165) is 5.21 Å². The van der Waals surface area contributed by atoms with Gasteiger partial charge in [0.2, 0.25) is 0 Å². The number of hydrogen-bond acceptors (Lipinski definition) is 0. The van der Waals surface area contributed by atoms with E-state index in [0.29, 0.717) is 0 Å². The Hall–Kier alpha value is 0.0684. The van der Waals surface area contributed by atoms with E-state index in [1.165, 1.54) is 4.35 Å². The van der Waals surface area contributed by atoms with Gasteiger partial charge in [0.1, 0.15) is 0 Å². The minimum atomic E-state index is -1.13. The number of benzene rings is 1. The van der Waals surface area contributed by atoms with Crippen LogP contribution in [-0.2, 0) is 0 Å². The summed E-state index contributed by atoms with van der Waals surface area (Å²) in [7, 11) is 6.14. The zero-order chi connectivity index (χ0) is 7.40. The minimum absolute atomic E-state index is 1.13. The molecule has 54 valence electrons. The summed E-state index contributed by atoms with van der Waals surface area (Å²) in [6, 6.07) is 10.4. The fourth-order valence-electron chi connectivity index (χ4n) is 0.772. The van der Waals surface area contributed by atoms with Crippen molar-refractivity contribution >= 4 is 28.0 Å². The average Bonchev–Trinajstić information content (AvgIpc) is 2.05. The molecule has 0 aliphatic rings. The number of hydrogen-bond donors (Lipinski definition) is 0. The van der Waals surface area contributed by atoms with Gasteiger partial charge in [-0.2, -0.15) is 0 Å². The Labute approximate surface area is 70.6 Å². The van der Waals surface area contributed by atoms with Crippen LogP contribution in [0.4, 0.5) is 0 Å². The maximum atomic E-state index is 6.14. The molecule has 0 N–H and O–H groups in total. The van der Waals surface area contributed by atoms with Crippen LogP contribution in [0.2, 0.25) is 5.21 Å². The van der Waals surface area contributed by atoms with Gasteiger partial charge in [0.05, 0.1) is 0 Å². The van der Waals surface area contributed by atoms with Crippen LogP contribution in [0, 0.1) is 0 Å². The number of halogens is 1. The molecule has 0 heterocycles. The Bertz CT molecular complexity index is 186. The molecule has 0 fully saturated rings. The maximum absolute atomic E-state index is 6.14. The average molecular weight is 217 g/mol. The van der Waals surface area contributed by atoms with Crippen molar-refractivity contribution in [2.75, 3.05) is 0 Å². The van der Waals surface area contributed by atoms with Crippen LogP contribution < -0.4 is 4.35 Å². The van der Waals surface area contributed by atoms with Crippen LogP contribution >= 0.6 is 9.95 Å². The summed E-state index contributed by atoms with van der Waals surface area (Å²) < 4.78 is 1.36. The first-order chi connectivity index (χ1) is 4.84. The monoisotopic (exact) mass is 216 g/mol. The van der Waals surface area contributed by atoms with Gasteiger partial charge in [-0.15, -0.1) is 0 Å². The van der Waals surface area contributed by atoms with Crippen LogP contribution in [0.3, 0.4) is 0 Å². The normalized spacial score (nSPS) is 13.0. The molecular weight excluding hydrogens is 206 g/mol. The van der Waals surface area contributed by atoms with Crippen LogP contribution in [0.5, 0.6) is 0 Å². The zero-order valence-electron chi connectivity index (χ0n) is 5.92. The molecule has 0 bridgehead atoms. The van der Waals surface area contributed by atoms with Gasteiger partial charge in [-0.3, -0.25) is 0 Å². The molecule has 0 nitrogen and oxygen atoms in total. The third kappa shape index (κ3) is 2.04. The molecule has 1 atom stereocenters. The summed E-state index contributed by atoms with van der Waals surface area (Å²) in [4.78, 5) is 0. The molecular formula is C8H10AsCl. The molecule has 0 aromatic heterocycles. The quantitative estimate of drug-likeness (QED) is 0.665. The SMILES string of the molecule is CC[As](Cl)c1ccccc1. The molecule has 0 aliphatic heterocycles. The first-order valence-corrected chi connectivity index (χ1v) is 8.06. The summed E-state index contributed by atoms with van der Waals surface area (Å²) in [5, 5.41) is 1.14. The van der Waals surface area contributed by atoms with Gasteiger partial charge in [-0.1, -0.05) is 0 Å². The van der Waals surface area contributed by atoms with Crippen molar-refractivity contribution in [2.45, 2.75) is 12.1 Å². The van der Waals surface area contributed by atoms with Gasteiger partial charge in [0, 0.05) is 0 Å². The van der Waals surface area contributed by atoms with Gasteiger partial charge in [-0.25, -0.2) is 0 Å². The van der Waals surface area contributed by atoms with Crippen LogP contribution in [0.1, 0.15) is 6.92 Å². The molecule has 0 radical (unpaired) electrons. The summed E-state index contributed by atoms with van der Waals surface area (Å²) in [6.07, 6.45) is 0. The second-order valence-corrected chi connectivity index (χ2v) is 8.06. The molecule has 1 unspecified atom stereocenters. The fraction of sp³-hybridized carbons (Fsp3) is 0.250. The Kier molecular flexibility index (Phi) is 3.31. The predicted molar refractivity (Wildman–Crippen MR) is 48.2 cm³/mol. The van der Waals surface area contributed by atoms with Crippen LogP contribution in [-0.4, -0.2) is 13.7 Å². The number of rotatable bonds is 2. The van der Waals surface area contributed by atoms with Crippen molar-refractivity contribution in [1.82, 2.24) is 0 Å². The van der Waals surface area contributed by atoms with Crippen molar-refractivity contribution in [2.24, 2.45) is 0 Å². The van der Waals surface area contributed by atoms with E-state index in [1.807, 2.05) is 6.07 Å². The first-order valence-electron chi connectivity index (χ1n) is 3.33. The van der Waals surface area contributed by atoms with Crippen LogP contribution in [0.15, 0.2) is 30.3 Å². The summed E-state index contributed by atoms with van der Waals surface area (Å²) >= 11 is -1.13. The summed E-state index contributed by atoms with van der Waals surface area (Å²) in [5.74, 6) is 0. The zero-order valence-corrected chi connectivity index (χ0v) is 8.55. The van der Waals surface area contributed by atoms with Crippen molar-refractivity contribution in [1.29, 1.82) is 0 Å². The summed E-state index contributed by atoms with van der Waals surface area (Å²) in [5.41, 5.74) is 0. The standard InChI is InChI=1S/C8H10AsCl/c1-2-9(10)8-6-4-3-5-7-8/h3-7H,2H2,1H3. The van der Waals surface area contributed by atoms with Crippen molar-refractivity contribution < 1.29 is 0 Å². The van der Waals surface area contributed by atoms with E-state index in [9.17, 15) is 0 Å². The Balaban J connectivity index is 2.75. The van der Waals surface area contributed by atoms with Crippen molar-refractivity contribution in [3.05, 3.63) is 30.3 Å². The summed E-state index contributed by atoms with van der Waals surface area (Å²) in [6.45, 7) is 2.15. The Morgan fingerprint density at radius 2 is 1.90 bits per heavy atom. The molecule has 1 rings (SSSR count). The topological polar surface area (TPSA) is 0 Å². The van der Waals surface area contributed by atoms with E-state index >= 15 is 0 Å². The third-order valence-electron chi connectivity index (χ3n) is 1.31. The second-order valence-electron chi connectivity index (χ2n) is 2.01. The molecule has 10 heavy (non-hydrogen) atoms. The first kappa shape index (κ1) is 8.17. The molecule has 0 aliphatic carbocycles.